The van der Waals surface area contributed by atoms with Crippen LogP contribution in [0.15, 0.2) is 78.9 Å². The highest BCUT2D eigenvalue weighted by molar-refractivity contribution is 5.87. The van der Waals surface area contributed by atoms with Gasteiger partial charge in [0.05, 0.1) is 18.4 Å². The molecule has 0 bridgehead atoms. The number of hydrogen-bond donors (Lipinski definition) is 0. The standard InChI is InChI=1S/C26H28N2O3/c1-2-30-26(29)24-15-9-14-22(27-24)18-28-17-16-23(19-28)31-25(20-10-5-3-6-11-20)21-12-7-4-8-13-21/h3-15,23,25H,2,16-19H2,1H3. The maximum atomic E-state index is 12.0. The zero-order valence-electron chi connectivity index (χ0n) is 17.8. The first-order chi connectivity index (χ1) is 15.2. The Morgan fingerprint density at radius 1 is 1.00 bits per heavy atom. The van der Waals surface area contributed by atoms with Crippen LogP contribution < -0.4 is 0 Å². The molecule has 160 valence electrons. The lowest BCUT2D eigenvalue weighted by Crippen LogP contribution is -2.25. The number of ether oxygens (including phenoxy) is 2. The molecule has 0 saturated carbocycles. The van der Waals surface area contributed by atoms with Gasteiger partial charge in [0.1, 0.15) is 11.8 Å². The molecule has 1 aromatic heterocycles. The fraction of sp³-hybridized carbons (Fsp3) is 0.308. The monoisotopic (exact) mass is 416 g/mol. The smallest absolute Gasteiger partial charge is 0.356 e. The van der Waals surface area contributed by atoms with Crippen molar-refractivity contribution in [2.24, 2.45) is 0 Å². The number of rotatable bonds is 8. The summed E-state index contributed by atoms with van der Waals surface area (Å²) in [5.74, 6) is -0.374. The molecule has 2 aromatic carbocycles. The average molecular weight is 417 g/mol. The SMILES string of the molecule is CCOC(=O)c1cccc(CN2CCC(OC(c3ccccc3)c3ccccc3)C2)n1. The van der Waals surface area contributed by atoms with Gasteiger partial charge in [-0.2, -0.15) is 0 Å². The first kappa shape index (κ1) is 21.2. The summed E-state index contributed by atoms with van der Waals surface area (Å²) in [4.78, 5) is 18.8. The second-order valence-electron chi connectivity index (χ2n) is 7.72. The summed E-state index contributed by atoms with van der Waals surface area (Å²) in [5.41, 5.74) is 3.56. The molecule has 0 amide bonds. The van der Waals surface area contributed by atoms with E-state index in [1.54, 1.807) is 13.0 Å². The summed E-state index contributed by atoms with van der Waals surface area (Å²) < 4.78 is 11.7. The lowest BCUT2D eigenvalue weighted by molar-refractivity contribution is 0.0138. The Morgan fingerprint density at radius 3 is 2.32 bits per heavy atom. The van der Waals surface area contributed by atoms with Crippen LogP contribution in [0, 0.1) is 0 Å². The lowest BCUT2D eigenvalue weighted by atomic mass is 10.0. The van der Waals surface area contributed by atoms with Gasteiger partial charge >= 0.3 is 5.97 Å². The molecule has 3 aromatic rings. The fourth-order valence-electron chi connectivity index (χ4n) is 3.96. The fourth-order valence-corrected chi connectivity index (χ4v) is 3.96. The summed E-state index contributed by atoms with van der Waals surface area (Å²) in [6, 6.07) is 26.3. The predicted molar refractivity (Wildman–Crippen MR) is 120 cm³/mol. The van der Waals surface area contributed by atoms with Crippen molar-refractivity contribution in [3.05, 3.63) is 101 Å². The van der Waals surface area contributed by atoms with E-state index in [0.717, 1.165) is 36.3 Å². The number of pyridine rings is 1. The van der Waals surface area contributed by atoms with Crippen molar-refractivity contribution >= 4 is 5.97 Å². The quantitative estimate of drug-likeness (QED) is 0.501. The van der Waals surface area contributed by atoms with E-state index in [-0.39, 0.29) is 18.2 Å². The molecule has 1 unspecified atom stereocenters. The van der Waals surface area contributed by atoms with Gasteiger partial charge in [-0.1, -0.05) is 66.7 Å². The van der Waals surface area contributed by atoms with E-state index in [1.165, 1.54) is 0 Å². The highest BCUT2D eigenvalue weighted by atomic mass is 16.5. The van der Waals surface area contributed by atoms with Crippen LogP contribution in [0.4, 0.5) is 0 Å². The first-order valence-electron chi connectivity index (χ1n) is 10.8. The molecule has 4 rings (SSSR count). The zero-order valence-corrected chi connectivity index (χ0v) is 17.8. The van der Waals surface area contributed by atoms with Crippen molar-refractivity contribution in [1.82, 2.24) is 9.88 Å². The van der Waals surface area contributed by atoms with E-state index in [0.29, 0.717) is 18.8 Å². The molecule has 5 heteroatoms. The van der Waals surface area contributed by atoms with Crippen LogP contribution in [0.2, 0.25) is 0 Å². The Hall–Kier alpha value is -3.02. The minimum absolute atomic E-state index is 0.0855. The van der Waals surface area contributed by atoms with Crippen LogP contribution in [0.1, 0.15) is 46.8 Å². The molecule has 1 saturated heterocycles. The maximum Gasteiger partial charge on any atom is 0.356 e. The molecular weight excluding hydrogens is 388 g/mol. The molecule has 1 aliphatic rings. The van der Waals surface area contributed by atoms with Crippen LogP contribution in [0.3, 0.4) is 0 Å². The van der Waals surface area contributed by atoms with E-state index in [4.69, 9.17) is 9.47 Å². The number of hydrogen-bond acceptors (Lipinski definition) is 5. The van der Waals surface area contributed by atoms with Crippen molar-refractivity contribution in [3.8, 4) is 0 Å². The molecule has 1 atom stereocenters. The van der Waals surface area contributed by atoms with Gasteiger partial charge in [-0.25, -0.2) is 9.78 Å². The third kappa shape index (κ3) is 5.57. The molecule has 1 aliphatic heterocycles. The Balaban J connectivity index is 1.41. The molecule has 0 radical (unpaired) electrons. The molecule has 0 aliphatic carbocycles. The second-order valence-corrected chi connectivity index (χ2v) is 7.72. The number of esters is 1. The van der Waals surface area contributed by atoms with Gasteiger partial charge in [0.25, 0.3) is 0 Å². The summed E-state index contributed by atoms with van der Waals surface area (Å²) >= 11 is 0. The van der Waals surface area contributed by atoms with Gasteiger partial charge in [-0.05, 0) is 36.6 Å². The first-order valence-corrected chi connectivity index (χ1v) is 10.8. The number of likely N-dealkylation sites (tertiary alicyclic amines) is 1. The molecule has 5 nitrogen and oxygen atoms in total. The van der Waals surface area contributed by atoms with E-state index < -0.39 is 0 Å². The molecule has 0 spiro atoms. The van der Waals surface area contributed by atoms with Crippen LogP contribution in [-0.4, -0.2) is 41.7 Å². The molecule has 2 heterocycles. The van der Waals surface area contributed by atoms with Crippen molar-refractivity contribution in [3.63, 3.8) is 0 Å². The number of benzene rings is 2. The minimum atomic E-state index is -0.374. The van der Waals surface area contributed by atoms with Gasteiger partial charge in [0, 0.05) is 19.6 Å². The van der Waals surface area contributed by atoms with Crippen molar-refractivity contribution in [2.45, 2.75) is 32.1 Å². The van der Waals surface area contributed by atoms with E-state index in [1.807, 2.05) is 24.3 Å². The van der Waals surface area contributed by atoms with Crippen LogP contribution in [-0.2, 0) is 16.0 Å². The predicted octanol–water partition coefficient (Wildman–Crippen LogP) is 4.64. The number of carbonyl (C=O) groups excluding carboxylic acids is 1. The lowest BCUT2D eigenvalue weighted by Gasteiger charge is -2.23. The van der Waals surface area contributed by atoms with E-state index in [2.05, 4.69) is 58.4 Å². The molecule has 1 fully saturated rings. The zero-order chi connectivity index (χ0) is 21.5. The maximum absolute atomic E-state index is 12.0. The average Bonchev–Trinajstić information content (AvgIpc) is 3.26. The topological polar surface area (TPSA) is 51.7 Å². The van der Waals surface area contributed by atoms with Crippen molar-refractivity contribution < 1.29 is 14.3 Å². The third-order valence-electron chi connectivity index (χ3n) is 5.44. The van der Waals surface area contributed by atoms with Crippen molar-refractivity contribution in [1.29, 1.82) is 0 Å². The van der Waals surface area contributed by atoms with Gasteiger partial charge in [0.2, 0.25) is 0 Å². The Kier molecular flexibility index (Phi) is 7.07. The summed E-state index contributed by atoms with van der Waals surface area (Å²) in [6.07, 6.45) is 1.02. The van der Waals surface area contributed by atoms with Crippen LogP contribution >= 0.6 is 0 Å². The normalized spacial score (nSPS) is 16.5. The second kappa shape index (κ2) is 10.3. The Morgan fingerprint density at radius 2 is 1.68 bits per heavy atom. The number of aromatic nitrogens is 1. The summed E-state index contributed by atoms with van der Waals surface area (Å²) in [5, 5.41) is 0. The van der Waals surface area contributed by atoms with Crippen LogP contribution in [0.5, 0.6) is 0 Å². The summed E-state index contributed by atoms with van der Waals surface area (Å²) in [7, 11) is 0. The highest BCUT2D eigenvalue weighted by Gasteiger charge is 2.27. The molecule has 0 N–H and O–H groups in total. The Bertz CT molecular complexity index is 939. The highest BCUT2D eigenvalue weighted by Crippen LogP contribution is 2.30. The van der Waals surface area contributed by atoms with Gasteiger partial charge in [0.15, 0.2) is 0 Å². The van der Waals surface area contributed by atoms with E-state index in [9.17, 15) is 4.79 Å². The van der Waals surface area contributed by atoms with Crippen LogP contribution in [0.25, 0.3) is 0 Å². The van der Waals surface area contributed by atoms with Crippen molar-refractivity contribution in [2.75, 3.05) is 19.7 Å². The number of nitrogens with zero attached hydrogens (tertiary/aromatic N) is 2. The van der Waals surface area contributed by atoms with Gasteiger partial charge in [-0.15, -0.1) is 0 Å². The van der Waals surface area contributed by atoms with Gasteiger partial charge < -0.3 is 9.47 Å². The largest absolute Gasteiger partial charge is 0.461 e. The van der Waals surface area contributed by atoms with E-state index >= 15 is 0 Å². The summed E-state index contributed by atoms with van der Waals surface area (Å²) in [6.45, 7) is 4.60. The molecular formula is C26H28N2O3. The Labute approximate surface area is 183 Å². The third-order valence-corrected chi connectivity index (χ3v) is 5.44. The molecule has 31 heavy (non-hydrogen) atoms. The number of carbonyl (C=O) groups is 1. The van der Waals surface area contributed by atoms with Gasteiger partial charge in [-0.3, -0.25) is 4.90 Å². The minimum Gasteiger partial charge on any atom is -0.461 e.